The quantitative estimate of drug-likeness (QED) is 0.676. The second kappa shape index (κ2) is 6.58. The average Bonchev–Trinajstić information content (AvgIpc) is 2.16. The monoisotopic (exact) mass is 229 g/mol. The lowest BCUT2D eigenvalue weighted by atomic mass is 9.96. The molecule has 0 bridgehead atoms. The molecular formula is C13H27NO2. The summed E-state index contributed by atoms with van der Waals surface area (Å²) in [6.45, 7) is 11.3. The van der Waals surface area contributed by atoms with Gasteiger partial charge in [-0.05, 0) is 31.2 Å². The van der Waals surface area contributed by atoms with Gasteiger partial charge in [-0.1, -0.05) is 20.8 Å². The SMILES string of the molecule is CN(COCC1CCOCC1)CC(C)(C)C. The highest BCUT2D eigenvalue weighted by molar-refractivity contribution is 4.65. The van der Waals surface area contributed by atoms with E-state index >= 15 is 0 Å². The van der Waals surface area contributed by atoms with Crippen molar-refractivity contribution in [1.82, 2.24) is 4.90 Å². The summed E-state index contributed by atoms with van der Waals surface area (Å²) < 4.78 is 11.1. The fourth-order valence-electron chi connectivity index (χ4n) is 2.14. The van der Waals surface area contributed by atoms with Gasteiger partial charge in [0.05, 0.1) is 13.3 Å². The predicted octanol–water partition coefficient (Wildman–Crippen LogP) is 2.37. The first-order valence-corrected chi connectivity index (χ1v) is 6.31. The molecule has 0 saturated carbocycles. The maximum atomic E-state index is 5.75. The fraction of sp³-hybridized carbons (Fsp3) is 1.00. The van der Waals surface area contributed by atoms with Crippen LogP contribution in [0, 0.1) is 11.3 Å². The lowest BCUT2D eigenvalue weighted by Gasteiger charge is -2.27. The molecule has 0 N–H and O–H groups in total. The van der Waals surface area contributed by atoms with Crippen molar-refractivity contribution in [2.75, 3.05) is 40.1 Å². The Morgan fingerprint density at radius 3 is 2.44 bits per heavy atom. The molecule has 1 rings (SSSR count). The summed E-state index contributed by atoms with van der Waals surface area (Å²) in [6.07, 6.45) is 2.31. The van der Waals surface area contributed by atoms with Gasteiger partial charge in [0.15, 0.2) is 0 Å². The van der Waals surface area contributed by atoms with Crippen molar-refractivity contribution in [1.29, 1.82) is 0 Å². The van der Waals surface area contributed by atoms with Crippen LogP contribution in [0.4, 0.5) is 0 Å². The third-order valence-corrected chi connectivity index (χ3v) is 2.75. The molecule has 1 heterocycles. The fourth-order valence-corrected chi connectivity index (χ4v) is 2.14. The Bertz CT molecular complexity index is 183. The van der Waals surface area contributed by atoms with Gasteiger partial charge in [-0.15, -0.1) is 0 Å². The molecule has 3 heteroatoms. The minimum Gasteiger partial charge on any atom is -0.381 e. The Hall–Kier alpha value is -0.120. The van der Waals surface area contributed by atoms with Gasteiger partial charge in [-0.3, -0.25) is 4.90 Å². The second-order valence-corrected chi connectivity index (χ2v) is 6.13. The highest BCUT2D eigenvalue weighted by Crippen LogP contribution is 2.16. The number of ether oxygens (including phenoxy) is 2. The first-order chi connectivity index (χ1) is 7.47. The highest BCUT2D eigenvalue weighted by atomic mass is 16.5. The standard InChI is InChI=1S/C13H27NO2/c1-13(2,3)10-14(4)11-16-9-12-5-7-15-8-6-12/h12H,5-11H2,1-4H3. The van der Waals surface area contributed by atoms with Crippen LogP contribution in [0.25, 0.3) is 0 Å². The van der Waals surface area contributed by atoms with Crippen LogP contribution in [0.5, 0.6) is 0 Å². The van der Waals surface area contributed by atoms with Crippen molar-refractivity contribution >= 4 is 0 Å². The molecule has 96 valence electrons. The van der Waals surface area contributed by atoms with Gasteiger partial charge in [-0.2, -0.15) is 0 Å². The lowest BCUT2D eigenvalue weighted by Crippen LogP contribution is -2.32. The van der Waals surface area contributed by atoms with Crippen LogP contribution >= 0.6 is 0 Å². The van der Waals surface area contributed by atoms with Crippen LogP contribution in [0.3, 0.4) is 0 Å². The largest absolute Gasteiger partial charge is 0.381 e. The summed E-state index contributed by atoms with van der Waals surface area (Å²) in [5.74, 6) is 0.705. The summed E-state index contributed by atoms with van der Waals surface area (Å²) in [6, 6.07) is 0. The molecule has 0 amide bonds. The van der Waals surface area contributed by atoms with E-state index in [1.54, 1.807) is 0 Å². The number of hydrogen-bond acceptors (Lipinski definition) is 3. The molecule has 16 heavy (non-hydrogen) atoms. The molecule has 0 aromatic rings. The topological polar surface area (TPSA) is 21.7 Å². The molecule has 0 aliphatic carbocycles. The zero-order valence-electron chi connectivity index (χ0n) is 11.3. The normalized spacial score (nSPS) is 19.3. The van der Waals surface area contributed by atoms with E-state index in [9.17, 15) is 0 Å². The third kappa shape index (κ3) is 6.46. The lowest BCUT2D eigenvalue weighted by molar-refractivity contribution is -0.0179. The molecule has 0 aromatic heterocycles. The van der Waals surface area contributed by atoms with E-state index in [2.05, 4.69) is 32.7 Å². The van der Waals surface area contributed by atoms with Gasteiger partial charge in [0.25, 0.3) is 0 Å². The summed E-state index contributed by atoms with van der Waals surface area (Å²) in [7, 11) is 2.12. The summed E-state index contributed by atoms with van der Waals surface area (Å²) in [5, 5.41) is 0. The smallest absolute Gasteiger partial charge is 0.0988 e. The Labute approximate surface area is 100 Å². The molecule has 3 nitrogen and oxygen atoms in total. The van der Waals surface area contributed by atoms with Crippen molar-refractivity contribution in [3.8, 4) is 0 Å². The molecule has 1 saturated heterocycles. The minimum absolute atomic E-state index is 0.344. The van der Waals surface area contributed by atoms with Crippen molar-refractivity contribution in [2.45, 2.75) is 33.6 Å². The van der Waals surface area contributed by atoms with Crippen LogP contribution < -0.4 is 0 Å². The second-order valence-electron chi connectivity index (χ2n) is 6.13. The number of rotatable bonds is 5. The van der Waals surface area contributed by atoms with Crippen molar-refractivity contribution in [3.63, 3.8) is 0 Å². The molecule has 0 unspecified atom stereocenters. The van der Waals surface area contributed by atoms with Crippen molar-refractivity contribution in [2.24, 2.45) is 11.3 Å². The first kappa shape index (κ1) is 13.9. The zero-order chi connectivity index (χ0) is 12.0. The maximum absolute atomic E-state index is 5.75. The molecule has 1 aliphatic rings. The first-order valence-electron chi connectivity index (χ1n) is 6.31. The Kier molecular flexibility index (Phi) is 5.73. The summed E-state index contributed by atoms with van der Waals surface area (Å²) in [5.41, 5.74) is 0.344. The average molecular weight is 229 g/mol. The highest BCUT2D eigenvalue weighted by Gasteiger charge is 2.16. The Balaban J connectivity index is 2.05. The molecule has 0 aromatic carbocycles. The van der Waals surface area contributed by atoms with E-state index in [0.29, 0.717) is 11.3 Å². The molecule has 0 atom stereocenters. The molecule has 1 aliphatic heterocycles. The van der Waals surface area contributed by atoms with E-state index in [1.807, 2.05) is 0 Å². The molecule has 0 spiro atoms. The zero-order valence-corrected chi connectivity index (χ0v) is 11.3. The van der Waals surface area contributed by atoms with Crippen LogP contribution in [0.1, 0.15) is 33.6 Å². The minimum atomic E-state index is 0.344. The van der Waals surface area contributed by atoms with Crippen LogP contribution in [-0.4, -0.2) is 45.0 Å². The van der Waals surface area contributed by atoms with Gasteiger partial charge in [-0.25, -0.2) is 0 Å². The van der Waals surface area contributed by atoms with Crippen molar-refractivity contribution in [3.05, 3.63) is 0 Å². The van der Waals surface area contributed by atoms with Gasteiger partial charge in [0, 0.05) is 19.8 Å². The van der Waals surface area contributed by atoms with E-state index in [4.69, 9.17) is 9.47 Å². The summed E-state index contributed by atoms with van der Waals surface area (Å²) in [4.78, 5) is 2.25. The van der Waals surface area contributed by atoms with E-state index in [-0.39, 0.29) is 0 Å². The van der Waals surface area contributed by atoms with Gasteiger partial charge in [0.2, 0.25) is 0 Å². The van der Waals surface area contributed by atoms with Crippen LogP contribution in [0.15, 0.2) is 0 Å². The Morgan fingerprint density at radius 1 is 1.25 bits per heavy atom. The number of nitrogens with zero attached hydrogens (tertiary/aromatic N) is 1. The van der Waals surface area contributed by atoms with Crippen molar-refractivity contribution < 1.29 is 9.47 Å². The number of hydrogen-bond donors (Lipinski definition) is 0. The van der Waals surface area contributed by atoms with E-state index in [1.165, 1.54) is 0 Å². The van der Waals surface area contributed by atoms with Gasteiger partial charge in [0.1, 0.15) is 0 Å². The van der Waals surface area contributed by atoms with Gasteiger partial charge < -0.3 is 9.47 Å². The third-order valence-electron chi connectivity index (χ3n) is 2.75. The van der Waals surface area contributed by atoms with Crippen LogP contribution in [0.2, 0.25) is 0 Å². The molecule has 0 radical (unpaired) electrons. The van der Waals surface area contributed by atoms with E-state index in [0.717, 1.165) is 45.9 Å². The predicted molar refractivity (Wildman–Crippen MR) is 66.4 cm³/mol. The van der Waals surface area contributed by atoms with E-state index < -0.39 is 0 Å². The Morgan fingerprint density at radius 2 is 1.88 bits per heavy atom. The van der Waals surface area contributed by atoms with Crippen LogP contribution in [-0.2, 0) is 9.47 Å². The maximum Gasteiger partial charge on any atom is 0.0988 e. The molecular weight excluding hydrogens is 202 g/mol. The molecule has 1 fully saturated rings. The van der Waals surface area contributed by atoms with Gasteiger partial charge >= 0.3 is 0 Å². The summed E-state index contributed by atoms with van der Waals surface area (Å²) >= 11 is 0.